The lowest BCUT2D eigenvalue weighted by Gasteiger charge is -2.35. The molecule has 0 N–H and O–H groups in total. The summed E-state index contributed by atoms with van der Waals surface area (Å²) >= 11 is 0. The van der Waals surface area contributed by atoms with E-state index in [4.69, 9.17) is 4.74 Å². The zero-order chi connectivity index (χ0) is 17.8. The average molecular weight is 344 g/mol. The first kappa shape index (κ1) is 17.5. The number of hydrogen-bond donors (Lipinski definition) is 0. The Bertz CT molecular complexity index is 665. The van der Waals surface area contributed by atoms with E-state index in [0.29, 0.717) is 23.4 Å². The highest BCUT2D eigenvalue weighted by molar-refractivity contribution is 6.04. The fourth-order valence-electron chi connectivity index (χ4n) is 3.39. The Morgan fingerprint density at radius 1 is 1.24 bits per heavy atom. The molecule has 2 amide bonds. The molecule has 0 radical (unpaired) electrons. The molecule has 0 aliphatic carbocycles. The Hall–Kier alpha value is -2.37. The number of ether oxygens (including phenoxy) is 1. The third kappa shape index (κ3) is 3.67. The zero-order valence-electron chi connectivity index (χ0n) is 14.6. The van der Waals surface area contributed by atoms with Crippen molar-refractivity contribution in [2.45, 2.75) is 45.1 Å². The quantitative estimate of drug-likeness (QED) is 0.787. The van der Waals surface area contributed by atoms with Gasteiger partial charge in [0, 0.05) is 18.7 Å². The van der Waals surface area contributed by atoms with Crippen molar-refractivity contribution >= 4 is 23.8 Å². The van der Waals surface area contributed by atoms with Crippen LogP contribution in [0.3, 0.4) is 0 Å². The molecule has 3 rings (SSSR count). The Morgan fingerprint density at radius 2 is 1.96 bits per heavy atom. The van der Waals surface area contributed by atoms with Gasteiger partial charge in [0.2, 0.25) is 5.91 Å². The first-order valence-corrected chi connectivity index (χ1v) is 8.99. The van der Waals surface area contributed by atoms with E-state index in [-0.39, 0.29) is 18.4 Å². The van der Waals surface area contributed by atoms with Crippen LogP contribution in [-0.2, 0) is 9.59 Å². The molecule has 2 aliphatic heterocycles. The summed E-state index contributed by atoms with van der Waals surface area (Å²) < 4.78 is 5.74. The molecule has 134 valence electrons. The summed E-state index contributed by atoms with van der Waals surface area (Å²) in [5.41, 5.74) is 0.958. The number of fused-ring (bicyclic) bond motifs is 1. The molecule has 1 aromatic carbocycles. The van der Waals surface area contributed by atoms with Crippen LogP contribution in [-0.4, -0.2) is 48.7 Å². The number of benzene rings is 1. The second-order valence-corrected chi connectivity index (χ2v) is 6.58. The zero-order valence-corrected chi connectivity index (χ0v) is 14.6. The van der Waals surface area contributed by atoms with Gasteiger partial charge in [-0.05, 0) is 37.5 Å². The van der Waals surface area contributed by atoms with Crippen LogP contribution in [0.1, 0.15) is 49.4 Å². The second-order valence-electron chi connectivity index (χ2n) is 6.58. The van der Waals surface area contributed by atoms with Gasteiger partial charge in [0.15, 0.2) is 6.10 Å². The predicted octanol–water partition coefficient (Wildman–Crippen LogP) is 2.41. The number of anilines is 1. The van der Waals surface area contributed by atoms with Gasteiger partial charge in [-0.15, -0.1) is 0 Å². The van der Waals surface area contributed by atoms with Crippen LogP contribution in [0.25, 0.3) is 0 Å². The highest BCUT2D eigenvalue weighted by Gasteiger charge is 2.35. The van der Waals surface area contributed by atoms with Crippen LogP contribution in [0.2, 0.25) is 0 Å². The minimum Gasteiger partial charge on any atom is -0.478 e. The molecule has 2 heterocycles. The van der Waals surface area contributed by atoms with Gasteiger partial charge in [0.05, 0.1) is 5.69 Å². The summed E-state index contributed by atoms with van der Waals surface area (Å²) in [7, 11) is 0. The summed E-state index contributed by atoms with van der Waals surface area (Å²) in [6, 6.07) is 4.96. The highest BCUT2D eigenvalue weighted by Crippen LogP contribution is 2.35. The first-order chi connectivity index (χ1) is 12.1. The number of carbonyl (C=O) groups excluding carboxylic acids is 3. The van der Waals surface area contributed by atoms with Crippen LogP contribution < -0.4 is 9.64 Å². The van der Waals surface area contributed by atoms with Crippen molar-refractivity contribution in [1.82, 2.24) is 4.90 Å². The summed E-state index contributed by atoms with van der Waals surface area (Å²) in [5, 5.41) is 0. The van der Waals surface area contributed by atoms with Crippen molar-refractivity contribution in [3.05, 3.63) is 23.8 Å². The van der Waals surface area contributed by atoms with E-state index in [1.165, 1.54) is 4.90 Å². The molecule has 25 heavy (non-hydrogen) atoms. The second kappa shape index (κ2) is 7.68. The minimum atomic E-state index is -0.591. The number of nitrogens with zero attached hydrogens (tertiary/aromatic N) is 2. The van der Waals surface area contributed by atoms with Gasteiger partial charge in [-0.25, -0.2) is 0 Å². The lowest BCUT2D eigenvalue weighted by molar-refractivity contribution is -0.133. The summed E-state index contributed by atoms with van der Waals surface area (Å²) in [6.45, 7) is 3.36. The molecule has 0 spiro atoms. The number of hydrogen-bond acceptors (Lipinski definition) is 4. The highest BCUT2D eigenvalue weighted by atomic mass is 16.5. The van der Waals surface area contributed by atoms with Crippen molar-refractivity contribution in [2.75, 3.05) is 24.5 Å². The monoisotopic (exact) mass is 344 g/mol. The van der Waals surface area contributed by atoms with E-state index in [9.17, 15) is 14.4 Å². The maximum atomic E-state index is 12.7. The van der Waals surface area contributed by atoms with Gasteiger partial charge >= 0.3 is 0 Å². The lowest BCUT2D eigenvalue weighted by Crippen LogP contribution is -2.50. The van der Waals surface area contributed by atoms with Crippen LogP contribution >= 0.6 is 0 Å². The van der Waals surface area contributed by atoms with Crippen molar-refractivity contribution < 1.29 is 19.1 Å². The number of carbonyl (C=O) groups is 3. The van der Waals surface area contributed by atoms with E-state index in [0.717, 1.165) is 45.1 Å². The molecule has 0 bridgehead atoms. The minimum absolute atomic E-state index is 0.00595. The molecular formula is C19H24N2O4. The van der Waals surface area contributed by atoms with Gasteiger partial charge in [-0.1, -0.05) is 19.8 Å². The van der Waals surface area contributed by atoms with E-state index in [1.807, 2.05) is 11.8 Å². The van der Waals surface area contributed by atoms with Crippen molar-refractivity contribution in [1.29, 1.82) is 0 Å². The molecular weight excluding hydrogens is 320 g/mol. The molecule has 1 atom stereocenters. The van der Waals surface area contributed by atoms with E-state index in [1.54, 1.807) is 18.2 Å². The Kier molecular flexibility index (Phi) is 5.36. The summed E-state index contributed by atoms with van der Waals surface area (Å²) in [5.74, 6) is 0.274. The Balaban J connectivity index is 1.86. The predicted molar refractivity (Wildman–Crippen MR) is 93.9 cm³/mol. The van der Waals surface area contributed by atoms with Crippen molar-refractivity contribution in [3.63, 3.8) is 0 Å². The standard InChI is InChI=1S/C19H24N2O4/c1-2-16-19(24)21(12-18(23)20-9-5-3-4-6-10-20)15-11-14(13-22)7-8-17(15)25-16/h7-8,11,13,16H,2-6,9-10,12H2,1H3. The molecule has 1 fully saturated rings. The number of likely N-dealkylation sites (tertiary alicyclic amines) is 1. The Labute approximate surface area is 147 Å². The molecule has 6 heteroatoms. The topological polar surface area (TPSA) is 66.9 Å². The normalized spacial score (nSPS) is 20.5. The summed E-state index contributed by atoms with van der Waals surface area (Å²) in [4.78, 5) is 39.9. The molecule has 0 aromatic heterocycles. The maximum Gasteiger partial charge on any atom is 0.268 e. The number of amides is 2. The third-order valence-corrected chi connectivity index (χ3v) is 4.84. The van der Waals surface area contributed by atoms with E-state index in [2.05, 4.69) is 0 Å². The first-order valence-electron chi connectivity index (χ1n) is 8.99. The van der Waals surface area contributed by atoms with Crippen molar-refractivity contribution in [3.8, 4) is 5.75 Å². The van der Waals surface area contributed by atoms with Gasteiger partial charge in [0.1, 0.15) is 18.6 Å². The molecule has 1 saturated heterocycles. The van der Waals surface area contributed by atoms with Gasteiger partial charge < -0.3 is 9.64 Å². The van der Waals surface area contributed by atoms with E-state index < -0.39 is 6.10 Å². The fourth-order valence-corrected chi connectivity index (χ4v) is 3.39. The van der Waals surface area contributed by atoms with Crippen LogP contribution in [0, 0.1) is 0 Å². The summed E-state index contributed by atoms with van der Waals surface area (Å²) in [6.07, 6.45) is 4.96. The number of aldehydes is 1. The molecule has 1 aromatic rings. The maximum absolute atomic E-state index is 12.7. The van der Waals surface area contributed by atoms with Gasteiger partial charge in [-0.3, -0.25) is 19.3 Å². The van der Waals surface area contributed by atoms with E-state index >= 15 is 0 Å². The SMILES string of the molecule is CCC1Oc2ccc(C=O)cc2N(CC(=O)N2CCCCCC2)C1=O. The molecule has 1 unspecified atom stereocenters. The Morgan fingerprint density at radius 3 is 2.60 bits per heavy atom. The number of rotatable bonds is 4. The average Bonchev–Trinajstić information content (AvgIpc) is 2.92. The molecule has 6 nitrogen and oxygen atoms in total. The van der Waals surface area contributed by atoms with Gasteiger partial charge in [0.25, 0.3) is 5.91 Å². The van der Waals surface area contributed by atoms with Crippen LogP contribution in [0.4, 0.5) is 5.69 Å². The van der Waals surface area contributed by atoms with Crippen LogP contribution in [0.15, 0.2) is 18.2 Å². The molecule has 0 saturated carbocycles. The van der Waals surface area contributed by atoms with Crippen LogP contribution in [0.5, 0.6) is 5.75 Å². The largest absolute Gasteiger partial charge is 0.478 e. The van der Waals surface area contributed by atoms with Gasteiger partial charge in [-0.2, -0.15) is 0 Å². The molecule has 2 aliphatic rings. The smallest absolute Gasteiger partial charge is 0.268 e. The van der Waals surface area contributed by atoms with Crippen molar-refractivity contribution in [2.24, 2.45) is 0 Å². The lowest BCUT2D eigenvalue weighted by atomic mass is 10.1. The third-order valence-electron chi connectivity index (χ3n) is 4.84. The fraction of sp³-hybridized carbons (Fsp3) is 0.526.